The molecule has 0 aliphatic heterocycles. The second-order valence-corrected chi connectivity index (χ2v) is 5.38. The summed E-state index contributed by atoms with van der Waals surface area (Å²) in [6.07, 6.45) is 4.14. The molecule has 0 bridgehead atoms. The summed E-state index contributed by atoms with van der Waals surface area (Å²) in [5.74, 6) is -0.472. The lowest BCUT2D eigenvalue weighted by Crippen LogP contribution is -2.19. The number of amides is 1. The Balaban J connectivity index is 2.28. The first kappa shape index (κ1) is 16.7. The molecule has 109 valence electrons. The minimum Gasteiger partial charge on any atom is -0.393 e. The van der Waals surface area contributed by atoms with E-state index in [0.717, 1.165) is 29.0 Å². The SMILES string of the molecule is [CH2]c1ccc(CC(Cl)=CCCC[C@@H](O)CC(N)=O)cc1. The number of aliphatic hydroxyl groups is 1. The van der Waals surface area contributed by atoms with Crippen molar-refractivity contribution in [3.8, 4) is 0 Å². The second kappa shape index (κ2) is 8.77. The summed E-state index contributed by atoms with van der Waals surface area (Å²) in [6.45, 7) is 3.83. The average Bonchev–Trinajstić information content (AvgIpc) is 2.37. The van der Waals surface area contributed by atoms with Gasteiger partial charge in [-0.1, -0.05) is 41.9 Å². The lowest BCUT2D eigenvalue weighted by atomic mass is 10.1. The Morgan fingerprint density at radius 3 is 2.65 bits per heavy atom. The van der Waals surface area contributed by atoms with Crippen molar-refractivity contribution >= 4 is 17.5 Å². The van der Waals surface area contributed by atoms with E-state index in [4.69, 9.17) is 17.3 Å². The molecule has 0 spiro atoms. The van der Waals surface area contributed by atoms with Gasteiger partial charge in [0, 0.05) is 11.5 Å². The van der Waals surface area contributed by atoms with Crippen LogP contribution in [0.1, 0.15) is 36.8 Å². The number of allylic oxidation sites excluding steroid dienone is 2. The quantitative estimate of drug-likeness (QED) is 0.724. The van der Waals surface area contributed by atoms with Crippen LogP contribution in [0.2, 0.25) is 0 Å². The van der Waals surface area contributed by atoms with Crippen molar-refractivity contribution < 1.29 is 9.90 Å². The normalized spacial score (nSPS) is 13.2. The third kappa shape index (κ3) is 7.31. The van der Waals surface area contributed by atoms with Gasteiger partial charge in [-0.05, 0) is 37.3 Å². The Morgan fingerprint density at radius 2 is 2.05 bits per heavy atom. The summed E-state index contributed by atoms with van der Waals surface area (Å²) in [7, 11) is 0. The van der Waals surface area contributed by atoms with E-state index >= 15 is 0 Å². The zero-order valence-corrected chi connectivity index (χ0v) is 12.3. The maximum atomic E-state index is 10.6. The number of carbonyl (C=O) groups is 1. The van der Waals surface area contributed by atoms with E-state index in [1.807, 2.05) is 30.3 Å². The highest BCUT2D eigenvalue weighted by molar-refractivity contribution is 6.29. The molecule has 3 N–H and O–H groups in total. The molecule has 1 amide bonds. The molecule has 20 heavy (non-hydrogen) atoms. The van der Waals surface area contributed by atoms with Gasteiger partial charge in [0.15, 0.2) is 0 Å². The molecule has 1 aromatic carbocycles. The minimum absolute atomic E-state index is 0.0227. The molecule has 3 nitrogen and oxygen atoms in total. The third-order valence-electron chi connectivity index (χ3n) is 2.94. The number of nitrogens with two attached hydrogens (primary N) is 1. The molecule has 0 unspecified atom stereocenters. The number of unbranched alkanes of at least 4 members (excludes halogenated alkanes) is 1. The van der Waals surface area contributed by atoms with Gasteiger partial charge in [-0.15, -0.1) is 0 Å². The molecule has 0 fully saturated rings. The fourth-order valence-corrected chi connectivity index (χ4v) is 2.13. The predicted molar refractivity (Wildman–Crippen MR) is 82.2 cm³/mol. The highest BCUT2D eigenvalue weighted by atomic mass is 35.5. The number of benzene rings is 1. The number of hydrogen-bond acceptors (Lipinski definition) is 2. The number of carbonyl (C=O) groups excluding carboxylic acids is 1. The van der Waals surface area contributed by atoms with Crippen LogP contribution in [0.5, 0.6) is 0 Å². The Hall–Kier alpha value is -1.32. The molecule has 0 saturated heterocycles. The van der Waals surface area contributed by atoms with Crippen molar-refractivity contribution in [1.82, 2.24) is 0 Å². The minimum atomic E-state index is -0.649. The molecule has 4 heteroatoms. The van der Waals surface area contributed by atoms with Gasteiger partial charge in [-0.2, -0.15) is 0 Å². The van der Waals surface area contributed by atoms with Crippen LogP contribution >= 0.6 is 11.6 Å². The van der Waals surface area contributed by atoms with Crippen LogP contribution in [0.3, 0.4) is 0 Å². The first-order valence-corrected chi connectivity index (χ1v) is 7.07. The van der Waals surface area contributed by atoms with Gasteiger partial charge in [0.1, 0.15) is 0 Å². The molecule has 0 aromatic heterocycles. The van der Waals surface area contributed by atoms with Crippen LogP contribution in [0.25, 0.3) is 0 Å². The van der Waals surface area contributed by atoms with Gasteiger partial charge >= 0.3 is 0 Å². The summed E-state index contributed by atoms with van der Waals surface area (Å²) in [5, 5.41) is 10.3. The number of halogens is 1. The van der Waals surface area contributed by atoms with E-state index < -0.39 is 12.0 Å². The van der Waals surface area contributed by atoms with Gasteiger partial charge in [0.05, 0.1) is 12.5 Å². The summed E-state index contributed by atoms with van der Waals surface area (Å²) in [6, 6.07) is 7.93. The maximum Gasteiger partial charge on any atom is 0.220 e. The molecule has 0 heterocycles. The number of rotatable bonds is 8. The Kier molecular flexibility index (Phi) is 7.34. The fourth-order valence-electron chi connectivity index (χ4n) is 1.87. The van der Waals surface area contributed by atoms with E-state index in [1.54, 1.807) is 0 Å². The van der Waals surface area contributed by atoms with Gasteiger partial charge in [-0.25, -0.2) is 0 Å². The van der Waals surface area contributed by atoms with Crippen molar-refractivity contribution in [3.05, 3.63) is 53.4 Å². The van der Waals surface area contributed by atoms with Gasteiger partial charge in [-0.3, -0.25) is 4.79 Å². The van der Waals surface area contributed by atoms with E-state index in [9.17, 15) is 9.90 Å². The zero-order chi connectivity index (χ0) is 15.0. The lowest BCUT2D eigenvalue weighted by molar-refractivity contribution is -0.119. The lowest BCUT2D eigenvalue weighted by Gasteiger charge is -2.06. The molecule has 0 aliphatic rings. The topological polar surface area (TPSA) is 63.3 Å². The van der Waals surface area contributed by atoms with E-state index in [-0.39, 0.29) is 6.42 Å². The summed E-state index contributed by atoms with van der Waals surface area (Å²) >= 11 is 6.16. The first-order chi connectivity index (χ1) is 9.47. The van der Waals surface area contributed by atoms with Crippen molar-refractivity contribution in [2.24, 2.45) is 5.73 Å². The maximum absolute atomic E-state index is 10.6. The van der Waals surface area contributed by atoms with Crippen LogP contribution in [0.4, 0.5) is 0 Å². The Morgan fingerprint density at radius 1 is 1.40 bits per heavy atom. The van der Waals surface area contributed by atoms with Gasteiger partial charge in [0.25, 0.3) is 0 Å². The highest BCUT2D eigenvalue weighted by Crippen LogP contribution is 2.15. The molecule has 1 radical (unpaired) electrons. The first-order valence-electron chi connectivity index (χ1n) is 6.69. The molecule has 0 aliphatic carbocycles. The third-order valence-corrected chi connectivity index (χ3v) is 3.23. The summed E-state index contributed by atoms with van der Waals surface area (Å²) in [5.41, 5.74) is 7.14. The molecular formula is C16H21ClNO2. The molecule has 1 atom stereocenters. The van der Waals surface area contributed by atoms with Crippen molar-refractivity contribution in [2.75, 3.05) is 0 Å². The van der Waals surface area contributed by atoms with Crippen molar-refractivity contribution in [2.45, 2.75) is 38.2 Å². The fraction of sp³-hybridized carbons (Fsp3) is 0.375. The second-order valence-electron chi connectivity index (χ2n) is 4.90. The van der Waals surface area contributed by atoms with Crippen LogP contribution in [-0.4, -0.2) is 17.1 Å². The largest absolute Gasteiger partial charge is 0.393 e. The zero-order valence-electron chi connectivity index (χ0n) is 11.5. The van der Waals surface area contributed by atoms with Crippen LogP contribution in [-0.2, 0) is 11.2 Å². The summed E-state index contributed by atoms with van der Waals surface area (Å²) < 4.78 is 0. The predicted octanol–water partition coefficient (Wildman–Crippen LogP) is 2.94. The van der Waals surface area contributed by atoms with Crippen LogP contribution in [0.15, 0.2) is 35.4 Å². The highest BCUT2D eigenvalue weighted by Gasteiger charge is 2.06. The summed E-state index contributed by atoms with van der Waals surface area (Å²) in [4.78, 5) is 10.6. The number of aliphatic hydroxyl groups excluding tert-OH is 1. The van der Waals surface area contributed by atoms with Gasteiger partial charge < -0.3 is 10.8 Å². The average molecular weight is 295 g/mol. The van der Waals surface area contributed by atoms with Crippen molar-refractivity contribution in [3.63, 3.8) is 0 Å². The number of primary amides is 1. The van der Waals surface area contributed by atoms with Crippen LogP contribution in [0, 0.1) is 6.92 Å². The smallest absolute Gasteiger partial charge is 0.220 e. The molecule has 1 rings (SSSR count). The van der Waals surface area contributed by atoms with E-state index in [0.29, 0.717) is 12.8 Å². The monoisotopic (exact) mass is 294 g/mol. The molecular weight excluding hydrogens is 274 g/mol. The van der Waals surface area contributed by atoms with E-state index in [2.05, 4.69) is 6.92 Å². The van der Waals surface area contributed by atoms with Gasteiger partial charge in [0.2, 0.25) is 5.91 Å². The Labute approximate surface area is 125 Å². The Bertz CT molecular complexity index is 454. The standard InChI is InChI=1S/C16H21ClNO2/c1-12-6-8-13(9-7-12)10-14(17)4-2-3-5-15(19)11-16(18)20/h4,6-9,15,19H,1-3,5,10-11H2,(H2,18,20)/t15-/m1/s1. The number of hydrogen-bond donors (Lipinski definition) is 2. The van der Waals surface area contributed by atoms with Crippen LogP contribution < -0.4 is 5.73 Å². The van der Waals surface area contributed by atoms with E-state index in [1.165, 1.54) is 0 Å². The van der Waals surface area contributed by atoms with Crippen molar-refractivity contribution in [1.29, 1.82) is 0 Å². The molecule has 0 saturated carbocycles. The molecule has 1 aromatic rings.